The highest BCUT2D eigenvalue weighted by Crippen LogP contribution is 2.31. The lowest BCUT2D eigenvalue weighted by Crippen LogP contribution is -2.18. The van der Waals surface area contributed by atoms with E-state index in [2.05, 4.69) is 37.1 Å². The van der Waals surface area contributed by atoms with Gasteiger partial charge in [-0.15, -0.1) is 23.1 Å². The van der Waals surface area contributed by atoms with Crippen LogP contribution in [0, 0.1) is 0 Å². The lowest BCUT2D eigenvalue weighted by molar-refractivity contribution is -0.113. The molecule has 1 amide bonds. The van der Waals surface area contributed by atoms with E-state index in [9.17, 15) is 4.79 Å². The molecule has 3 aromatic rings. The van der Waals surface area contributed by atoms with Crippen LogP contribution in [0.1, 0.15) is 20.8 Å². The number of amides is 1. The minimum atomic E-state index is 0.0244. The number of carbonyl (C=O) groups excluding carboxylic acids is 1. The summed E-state index contributed by atoms with van der Waals surface area (Å²) in [7, 11) is 0. The number of aromatic nitrogens is 1. The highest BCUT2D eigenvalue weighted by atomic mass is 32.2. The van der Waals surface area contributed by atoms with Crippen molar-refractivity contribution in [3.8, 4) is 10.6 Å². The molecule has 0 aliphatic rings. The van der Waals surface area contributed by atoms with Crippen LogP contribution in [-0.4, -0.2) is 21.4 Å². The first-order valence-electron chi connectivity index (χ1n) is 7.80. The second kappa shape index (κ2) is 6.95. The van der Waals surface area contributed by atoms with E-state index in [0.717, 1.165) is 21.8 Å². The Labute approximate surface area is 150 Å². The summed E-state index contributed by atoms with van der Waals surface area (Å²) in [5, 5.41) is 3.94. The molecule has 0 unspecified atom stereocenters. The number of fused-ring (bicyclic) bond motifs is 1. The molecule has 1 N–H and O–H groups in total. The minimum absolute atomic E-state index is 0.0244. The Balaban J connectivity index is 1.75. The quantitative estimate of drug-likeness (QED) is 0.677. The van der Waals surface area contributed by atoms with E-state index in [1.165, 1.54) is 4.70 Å². The van der Waals surface area contributed by atoms with Crippen molar-refractivity contribution in [3.05, 3.63) is 48.5 Å². The number of thiazole rings is 1. The number of hydrogen-bond acceptors (Lipinski definition) is 4. The zero-order valence-electron chi connectivity index (χ0n) is 14.0. The zero-order valence-corrected chi connectivity index (χ0v) is 15.6. The lowest BCUT2D eigenvalue weighted by Gasteiger charge is -2.17. The molecule has 0 aliphatic heterocycles. The van der Waals surface area contributed by atoms with Gasteiger partial charge in [-0.2, -0.15) is 0 Å². The number of rotatable bonds is 4. The second-order valence-corrected chi connectivity index (χ2v) is 9.35. The van der Waals surface area contributed by atoms with Gasteiger partial charge in [0.15, 0.2) is 0 Å². The third kappa shape index (κ3) is 4.36. The summed E-state index contributed by atoms with van der Waals surface area (Å²) in [5.41, 5.74) is 2.84. The molecule has 124 valence electrons. The molecule has 1 heterocycles. The number of thioether (sulfide) groups is 1. The Morgan fingerprint density at radius 2 is 1.96 bits per heavy atom. The van der Waals surface area contributed by atoms with Crippen LogP contribution >= 0.6 is 23.1 Å². The smallest absolute Gasteiger partial charge is 0.234 e. The van der Waals surface area contributed by atoms with Crippen molar-refractivity contribution >= 4 is 44.9 Å². The fourth-order valence-electron chi connectivity index (χ4n) is 2.20. The average molecular weight is 357 g/mol. The summed E-state index contributed by atoms with van der Waals surface area (Å²) < 4.78 is 1.25. The fraction of sp³-hybridized carbons (Fsp3) is 0.263. The maximum absolute atomic E-state index is 12.1. The molecule has 0 aliphatic carbocycles. The van der Waals surface area contributed by atoms with Gasteiger partial charge in [-0.25, -0.2) is 4.98 Å². The molecule has 0 saturated carbocycles. The summed E-state index contributed by atoms with van der Waals surface area (Å²) in [6.45, 7) is 6.33. The lowest BCUT2D eigenvalue weighted by atomic mass is 10.2. The number of hydrogen-bond donors (Lipinski definition) is 1. The summed E-state index contributed by atoms with van der Waals surface area (Å²) >= 11 is 3.31. The van der Waals surface area contributed by atoms with Gasteiger partial charge in [0, 0.05) is 16.0 Å². The number of nitrogens with zero attached hydrogens (tertiary/aromatic N) is 1. The van der Waals surface area contributed by atoms with Gasteiger partial charge in [0.2, 0.25) is 5.91 Å². The van der Waals surface area contributed by atoms with E-state index in [1.54, 1.807) is 23.1 Å². The predicted octanol–water partition coefficient (Wildman–Crippen LogP) is 5.43. The standard InChI is InChI=1S/C19H20N2OS2/c1-19(2,3)23-12-17(22)20-14-8-6-7-13(11-14)18-21-15-9-4-5-10-16(15)24-18/h4-11H,12H2,1-3H3,(H,20,22). The first kappa shape index (κ1) is 17.0. The van der Waals surface area contributed by atoms with Crippen LogP contribution in [0.15, 0.2) is 48.5 Å². The molecule has 5 heteroatoms. The van der Waals surface area contributed by atoms with Crippen LogP contribution in [0.4, 0.5) is 5.69 Å². The van der Waals surface area contributed by atoms with Crippen LogP contribution in [0.2, 0.25) is 0 Å². The second-order valence-electron chi connectivity index (χ2n) is 6.52. The first-order chi connectivity index (χ1) is 11.4. The van der Waals surface area contributed by atoms with Gasteiger partial charge in [-0.05, 0) is 24.3 Å². The molecule has 0 radical (unpaired) electrons. The van der Waals surface area contributed by atoms with Gasteiger partial charge in [-0.1, -0.05) is 45.0 Å². The van der Waals surface area contributed by atoms with Crippen molar-refractivity contribution < 1.29 is 4.79 Å². The number of benzene rings is 2. The van der Waals surface area contributed by atoms with E-state index >= 15 is 0 Å². The average Bonchev–Trinajstić information content (AvgIpc) is 2.97. The third-order valence-electron chi connectivity index (χ3n) is 3.32. The number of nitrogens with one attached hydrogen (secondary N) is 1. The zero-order chi connectivity index (χ0) is 17.2. The predicted molar refractivity (Wildman–Crippen MR) is 106 cm³/mol. The van der Waals surface area contributed by atoms with Crippen molar-refractivity contribution in [2.45, 2.75) is 25.5 Å². The number of para-hydroxylation sites is 1. The van der Waals surface area contributed by atoms with Crippen molar-refractivity contribution in [3.63, 3.8) is 0 Å². The molecule has 0 bridgehead atoms. The highest BCUT2D eigenvalue weighted by molar-refractivity contribution is 8.01. The summed E-state index contributed by atoms with van der Waals surface area (Å²) in [6, 6.07) is 16.0. The van der Waals surface area contributed by atoms with Crippen LogP contribution in [0.5, 0.6) is 0 Å². The summed E-state index contributed by atoms with van der Waals surface area (Å²) in [4.78, 5) is 16.8. The van der Waals surface area contributed by atoms with Gasteiger partial charge in [0.05, 0.1) is 16.0 Å². The monoisotopic (exact) mass is 356 g/mol. The molecular weight excluding hydrogens is 336 g/mol. The molecule has 3 nitrogen and oxygen atoms in total. The van der Waals surface area contributed by atoms with Gasteiger partial charge in [0.25, 0.3) is 0 Å². The van der Waals surface area contributed by atoms with Crippen molar-refractivity contribution in [2.75, 3.05) is 11.1 Å². The maximum Gasteiger partial charge on any atom is 0.234 e. The topological polar surface area (TPSA) is 42.0 Å². The molecule has 0 saturated heterocycles. The number of carbonyl (C=O) groups is 1. The molecular formula is C19H20N2OS2. The first-order valence-corrected chi connectivity index (χ1v) is 9.61. The van der Waals surface area contributed by atoms with E-state index in [-0.39, 0.29) is 10.7 Å². The van der Waals surface area contributed by atoms with E-state index in [0.29, 0.717) is 5.75 Å². The molecule has 0 atom stereocenters. The number of anilines is 1. The van der Waals surface area contributed by atoms with Gasteiger partial charge in [0.1, 0.15) is 5.01 Å². The van der Waals surface area contributed by atoms with Crippen molar-refractivity contribution in [2.24, 2.45) is 0 Å². The SMILES string of the molecule is CC(C)(C)SCC(=O)Nc1cccc(-c2nc3ccccc3s2)c1. The van der Waals surface area contributed by atoms with Crippen molar-refractivity contribution in [1.82, 2.24) is 4.98 Å². The third-order valence-corrected chi connectivity index (χ3v) is 5.68. The largest absolute Gasteiger partial charge is 0.325 e. The Bertz CT molecular complexity index is 832. The Kier molecular flexibility index (Phi) is 4.92. The van der Waals surface area contributed by atoms with Gasteiger partial charge < -0.3 is 5.32 Å². The van der Waals surface area contributed by atoms with Gasteiger partial charge >= 0.3 is 0 Å². The van der Waals surface area contributed by atoms with E-state index in [4.69, 9.17) is 0 Å². The molecule has 2 aromatic carbocycles. The van der Waals surface area contributed by atoms with Crippen LogP contribution in [0.3, 0.4) is 0 Å². The molecule has 1 aromatic heterocycles. The van der Waals surface area contributed by atoms with Crippen LogP contribution < -0.4 is 5.32 Å². The van der Waals surface area contributed by atoms with E-state index < -0.39 is 0 Å². The summed E-state index contributed by atoms with van der Waals surface area (Å²) in [5.74, 6) is 0.478. The van der Waals surface area contributed by atoms with Crippen molar-refractivity contribution in [1.29, 1.82) is 0 Å². The molecule has 24 heavy (non-hydrogen) atoms. The highest BCUT2D eigenvalue weighted by Gasteiger charge is 2.14. The molecule has 0 fully saturated rings. The summed E-state index contributed by atoms with van der Waals surface area (Å²) in [6.07, 6.45) is 0. The van der Waals surface area contributed by atoms with E-state index in [1.807, 2.05) is 42.5 Å². The Morgan fingerprint density at radius 1 is 1.17 bits per heavy atom. The normalized spacial score (nSPS) is 11.6. The molecule has 0 spiro atoms. The fourth-order valence-corrected chi connectivity index (χ4v) is 3.80. The van der Waals surface area contributed by atoms with Gasteiger partial charge in [-0.3, -0.25) is 4.79 Å². The van der Waals surface area contributed by atoms with Crippen LogP contribution in [-0.2, 0) is 4.79 Å². The maximum atomic E-state index is 12.1. The minimum Gasteiger partial charge on any atom is -0.325 e. The van der Waals surface area contributed by atoms with Crippen LogP contribution in [0.25, 0.3) is 20.8 Å². The Hall–Kier alpha value is -1.85. The molecule has 3 rings (SSSR count). The Morgan fingerprint density at radius 3 is 2.71 bits per heavy atom.